The SMILES string of the molecule is OC12CCCC1SCCCCS2. The monoisotopic (exact) mass is 204 g/mol. The summed E-state index contributed by atoms with van der Waals surface area (Å²) in [7, 11) is 0. The summed E-state index contributed by atoms with van der Waals surface area (Å²) in [4.78, 5) is -0.356. The Morgan fingerprint density at radius 3 is 2.92 bits per heavy atom. The van der Waals surface area contributed by atoms with Crippen molar-refractivity contribution >= 4 is 23.5 Å². The van der Waals surface area contributed by atoms with Gasteiger partial charge in [-0.3, -0.25) is 0 Å². The molecule has 1 saturated heterocycles. The summed E-state index contributed by atoms with van der Waals surface area (Å²) in [6, 6.07) is 0. The summed E-state index contributed by atoms with van der Waals surface area (Å²) in [6.45, 7) is 0. The van der Waals surface area contributed by atoms with Crippen LogP contribution in [-0.2, 0) is 0 Å². The molecule has 70 valence electrons. The Bertz CT molecular complexity index is 163. The van der Waals surface area contributed by atoms with E-state index in [9.17, 15) is 5.11 Å². The van der Waals surface area contributed by atoms with Gasteiger partial charge in [-0.05, 0) is 43.6 Å². The molecule has 0 aromatic rings. The van der Waals surface area contributed by atoms with Crippen molar-refractivity contribution in [3.8, 4) is 0 Å². The fourth-order valence-electron chi connectivity index (χ4n) is 1.98. The maximum atomic E-state index is 10.3. The Labute approximate surface area is 82.7 Å². The van der Waals surface area contributed by atoms with Crippen LogP contribution in [0.1, 0.15) is 32.1 Å². The van der Waals surface area contributed by atoms with Gasteiger partial charge in [0.25, 0.3) is 0 Å². The van der Waals surface area contributed by atoms with Crippen LogP contribution in [0, 0.1) is 0 Å². The molecular weight excluding hydrogens is 188 g/mol. The van der Waals surface area contributed by atoms with Crippen LogP contribution in [0.15, 0.2) is 0 Å². The number of aliphatic hydroxyl groups is 1. The molecule has 12 heavy (non-hydrogen) atoms. The van der Waals surface area contributed by atoms with Crippen molar-refractivity contribution in [2.45, 2.75) is 42.3 Å². The second-order valence-electron chi connectivity index (χ2n) is 3.65. The average Bonchev–Trinajstić information content (AvgIpc) is 2.34. The highest BCUT2D eigenvalue weighted by Gasteiger charge is 2.42. The first-order valence-electron chi connectivity index (χ1n) is 4.79. The summed E-state index contributed by atoms with van der Waals surface area (Å²) in [5, 5.41) is 10.8. The largest absolute Gasteiger partial charge is 0.378 e. The molecule has 0 amide bonds. The van der Waals surface area contributed by atoms with Crippen LogP contribution in [0.5, 0.6) is 0 Å². The van der Waals surface area contributed by atoms with Crippen molar-refractivity contribution < 1.29 is 5.11 Å². The normalized spacial score (nSPS) is 43.2. The van der Waals surface area contributed by atoms with Gasteiger partial charge in [-0.2, -0.15) is 11.8 Å². The minimum atomic E-state index is -0.356. The predicted octanol–water partition coefficient (Wildman–Crippen LogP) is 2.49. The minimum absolute atomic E-state index is 0.356. The predicted molar refractivity (Wildman–Crippen MR) is 56.7 cm³/mol. The molecule has 0 radical (unpaired) electrons. The summed E-state index contributed by atoms with van der Waals surface area (Å²) >= 11 is 3.80. The molecule has 3 heteroatoms. The van der Waals surface area contributed by atoms with Gasteiger partial charge in [-0.25, -0.2) is 0 Å². The molecule has 1 aliphatic heterocycles. The molecule has 0 bridgehead atoms. The van der Waals surface area contributed by atoms with Crippen molar-refractivity contribution in [1.29, 1.82) is 0 Å². The van der Waals surface area contributed by atoms with E-state index in [1.165, 1.54) is 31.4 Å². The lowest BCUT2D eigenvalue weighted by atomic mass is 10.3. The van der Waals surface area contributed by atoms with E-state index in [1.54, 1.807) is 11.8 Å². The van der Waals surface area contributed by atoms with Crippen LogP contribution in [0.3, 0.4) is 0 Å². The molecule has 1 saturated carbocycles. The average molecular weight is 204 g/mol. The van der Waals surface area contributed by atoms with Gasteiger partial charge in [0.05, 0.1) is 0 Å². The minimum Gasteiger partial charge on any atom is -0.378 e. The first-order chi connectivity index (χ1) is 5.81. The van der Waals surface area contributed by atoms with Gasteiger partial charge in [0.2, 0.25) is 0 Å². The molecule has 1 heterocycles. The van der Waals surface area contributed by atoms with Gasteiger partial charge >= 0.3 is 0 Å². The Hall–Kier alpha value is 0.660. The van der Waals surface area contributed by atoms with E-state index in [1.807, 2.05) is 11.8 Å². The molecule has 2 fully saturated rings. The highest BCUT2D eigenvalue weighted by atomic mass is 32.2. The van der Waals surface area contributed by atoms with E-state index in [4.69, 9.17) is 0 Å². The number of rotatable bonds is 0. The van der Waals surface area contributed by atoms with Crippen molar-refractivity contribution in [2.75, 3.05) is 11.5 Å². The fourth-order valence-corrected chi connectivity index (χ4v) is 5.05. The van der Waals surface area contributed by atoms with Crippen molar-refractivity contribution in [2.24, 2.45) is 0 Å². The lowest BCUT2D eigenvalue weighted by Crippen LogP contribution is -2.32. The Balaban J connectivity index is 2.02. The van der Waals surface area contributed by atoms with Crippen LogP contribution in [0.25, 0.3) is 0 Å². The van der Waals surface area contributed by atoms with Gasteiger partial charge in [0, 0.05) is 5.25 Å². The Kier molecular flexibility index (Phi) is 2.93. The zero-order valence-electron chi connectivity index (χ0n) is 7.29. The maximum absolute atomic E-state index is 10.3. The summed E-state index contributed by atoms with van der Waals surface area (Å²) in [5.74, 6) is 2.42. The van der Waals surface area contributed by atoms with Gasteiger partial charge in [-0.15, -0.1) is 11.8 Å². The van der Waals surface area contributed by atoms with E-state index in [0.717, 1.165) is 12.2 Å². The van der Waals surface area contributed by atoms with Crippen LogP contribution in [0.4, 0.5) is 0 Å². The molecule has 1 aliphatic carbocycles. The molecule has 2 rings (SSSR count). The van der Waals surface area contributed by atoms with E-state index in [-0.39, 0.29) is 4.93 Å². The van der Waals surface area contributed by atoms with Gasteiger partial charge in [0.15, 0.2) is 0 Å². The third-order valence-electron chi connectivity index (χ3n) is 2.71. The first kappa shape index (κ1) is 9.22. The van der Waals surface area contributed by atoms with Crippen molar-refractivity contribution in [3.63, 3.8) is 0 Å². The third-order valence-corrected chi connectivity index (χ3v) is 5.90. The fraction of sp³-hybridized carbons (Fsp3) is 1.00. The molecule has 2 unspecified atom stereocenters. The lowest BCUT2D eigenvalue weighted by Gasteiger charge is -2.30. The smallest absolute Gasteiger partial charge is 0.122 e. The van der Waals surface area contributed by atoms with Gasteiger partial charge in [-0.1, -0.05) is 0 Å². The summed E-state index contributed by atoms with van der Waals surface area (Å²) < 4.78 is 0. The molecule has 2 aliphatic rings. The molecule has 0 aromatic heterocycles. The lowest BCUT2D eigenvalue weighted by molar-refractivity contribution is 0.150. The van der Waals surface area contributed by atoms with Gasteiger partial charge in [0.1, 0.15) is 4.93 Å². The van der Waals surface area contributed by atoms with Crippen molar-refractivity contribution in [1.82, 2.24) is 0 Å². The Morgan fingerprint density at radius 2 is 2.00 bits per heavy atom. The van der Waals surface area contributed by atoms with Crippen molar-refractivity contribution in [3.05, 3.63) is 0 Å². The van der Waals surface area contributed by atoms with Crippen LogP contribution in [-0.4, -0.2) is 26.8 Å². The standard InChI is InChI=1S/C9H16OS2/c10-9-5-3-4-8(9)11-6-1-2-7-12-9/h8,10H,1-7H2. The zero-order valence-corrected chi connectivity index (χ0v) is 8.92. The molecule has 1 nitrogen and oxygen atoms in total. The highest BCUT2D eigenvalue weighted by molar-refractivity contribution is 8.04. The van der Waals surface area contributed by atoms with E-state index in [2.05, 4.69) is 0 Å². The third kappa shape index (κ3) is 1.78. The number of hydrogen-bond acceptors (Lipinski definition) is 3. The number of thioether (sulfide) groups is 2. The zero-order chi connectivity index (χ0) is 8.44. The van der Waals surface area contributed by atoms with E-state index < -0.39 is 0 Å². The Morgan fingerprint density at radius 1 is 1.17 bits per heavy atom. The summed E-state index contributed by atoms with van der Waals surface area (Å²) in [5.41, 5.74) is 0. The molecule has 2 atom stereocenters. The first-order valence-corrected chi connectivity index (χ1v) is 6.83. The summed E-state index contributed by atoms with van der Waals surface area (Å²) in [6.07, 6.45) is 6.10. The van der Waals surface area contributed by atoms with E-state index >= 15 is 0 Å². The molecule has 0 spiro atoms. The van der Waals surface area contributed by atoms with Crippen LogP contribution in [0.2, 0.25) is 0 Å². The molecule has 0 aromatic carbocycles. The highest BCUT2D eigenvalue weighted by Crippen LogP contribution is 2.47. The van der Waals surface area contributed by atoms with Crippen LogP contribution >= 0.6 is 23.5 Å². The van der Waals surface area contributed by atoms with E-state index in [0.29, 0.717) is 5.25 Å². The molecule has 1 N–H and O–H groups in total. The quantitative estimate of drug-likeness (QED) is 0.654. The topological polar surface area (TPSA) is 20.2 Å². The van der Waals surface area contributed by atoms with Gasteiger partial charge < -0.3 is 5.11 Å². The number of hydrogen-bond donors (Lipinski definition) is 1. The number of fused-ring (bicyclic) bond motifs is 1. The second-order valence-corrected chi connectivity index (χ2v) is 6.37. The maximum Gasteiger partial charge on any atom is 0.122 e. The second kappa shape index (κ2) is 3.81. The van der Waals surface area contributed by atoms with Crippen LogP contribution < -0.4 is 0 Å². The molecular formula is C9H16OS2.